The predicted octanol–water partition coefficient (Wildman–Crippen LogP) is 2.02. The molecule has 1 saturated heterocycles. The van der Waals surface area contributed by atoms with Gasteiger partial charge >= 0.3 is 0 Å². The number of ketones is 1. The quantitative estimate of drug-likeness (QED) is 0.474. The van der Waals surface area contributed by atoms with Crippen LogP contribution in [-0.2, 0) is 4.74 Å². The van der Waals surface area contributed by atoms with Crippen molar-refractivity contribution in [2.75, 3.05) is 24.7 Å². The van der Waals surface area contributed by atoms with Crippen LogP contribution in [0.5, 0.6) is 0 Å². The Balaban J connectivity index is 2.40. The van der Waals surface area contributed by atoms with E-state index in [-0.39, 0.29) is 23.1 Å². The summed E-state index contributed by atoms with van der Waals surface area (Å²) < 4.78 is 5.34. The molecule has 1 aromatic carbocycles. The normalized spacial score (nSPS) is 19.3. The fraction of sp³-hybridized carbons (Fsp3) is 0.462. The molecule has 1 fully saturated rings. The van der Waals surface area contributed by atoms with E-state index in [1.807, 2.05) is 6.92 Å². The number of nitro benzene ring substituents is 1. The number of carbonyl (C=O) groups is 1. The van der Waals surface area contributed by atoms with Gasteiger partial charge in [-0.3, -0.25) is 14.9 Å². The average molecular weight is 264 g/mol. The van der Waals surface area contributed by atoms with Gasteiger partial charge in [0.2, 0.25) is 0 Å². The highest BCUT2D eigenvalue weighted by molar-refractivity contribution is 5.98. The maximum atomic E-state index is 11.4. The van der Waals surface area contributed by atoms with Crippen molar-refractivity contribution in [2.24, 2.45) is 0 Å². The molecule has 1 aliphatic rings. The number of ether oxygens (including phenoxy) is 1. The summed E-state index contributed by atoms with van der Waals surface area (Å²) >= 11 is 0. The van der Waals surface area contributed by atoms with Crippen LogP contribution < -0.4 is 4.90 Å². The van der Waals surface area contributed by atoms with E-state index >= 15 is 0 Å². The molecule has 0 N–H and O–H groups in total. The fourth-order valence-corrected chi connectivity index (χ4v) is 2.26. The zero-order valence-electron chi connectivity index (χ0n) is 11.0. The Labute approximate surface area is 111 Å². The van der Waals surface area contributed by atoms with Gasteiger partial charge in [-0.25, -0.2) is 0 Å². The van der Waals surface area contributed by atoms with E-state index in [0.717, 1.165) is 5.69 Å². The summed E-state index contributed by atoms with van der Waals surface area (Å²) in [7, 11) is 0. The molecule has 0 radical (unpaired) electrons. The number of nitro groups is 1. The van der Waals surface area contributed by atoms with Crippen LogP contribution in [-0.4, -0.2) is 36.5 Å². The van der Waals surface area contributed by atoms with Crippen LogP contribution >= 0.6 is 0 Å². The van der Waals surface area contributed by atoms with Crippen LogP contribution in [0.1, 0.15) is 24.2 Å². The first-order valence-corrected chi connectivity index (χ1v) is 6.14. The SMILES string of the molecule is CC(=O)c1ccc(N2CCOCC2C)cc1[N+](=O)[O-]. The molecule has 6 nitrogen and oxygen atoms in total. The van der Waals surface area contributed by atoms with Gasteiger partial charge in [-0.05, 0) is 26.0 Å². The van der Waals surface area contributed by atoms with Crippen molar-refractivity contribution in [3.63, 3.8) is 0 Å². The Hall–Kier alpha value is -1.95. The Morgan fingerprint density at radius 1 is 1.53 bits per heavy atom. The van der Waals surface area contributed by atoms with Gasteiger partial charge in [0.15, 0.2) is 5.78 Å². The largest absolute Gasteiger partial charge is 0.377 e. The number of benzene rings is 1. The third-order valence-corrected chi connectivity index (χ3v) is 3.26. The van der Waals surface area contributed by atoms with Crippen LogP contribution in [0.2, 0.25) is 0 Å². The lowest BCUT2D eigenvalue weighted by Crippen LogP contribution is -2.43. The molecule has 6 heteroatoms. The number of hydrogen-bond acceptors (Lipinski definition) is 5. The van der Waals surface area contributed by atoms with Crippen molar-refractivity contribution in [2.45, 2.75) is 19.9 Å². The van der Waals surface area contributed by atoms with Crippen molar-refractivity contribution in [3.05, 3.63) is 33.9 Å². The van der Waals surface area contributed by atoms with E-state index in [1.165, 1.54) is 19.1 Å². The molecule has 0 aliphatic carbocycles. The summed E-state index contributed by atoms with van der Waals surface area (Å²) in [6.45, 7) is 5.23. The van der Waals surface area contributed by atoms with Crippen LogP contribution in [0.3, 0.4) is 0 Å². The summed E-state index contributed by atoms with van der Waals surface area (Å²) in [6, 6.07) is 4.92. The second-order valence-corrected chi connectivity index (χ2v) is 4.63. The maximum absolute atomic E-state index is 11.4. The first kappa shape index (κ1) is 13.5. The number of carbonyl (C=O) groups excluding carboxylic acids is 1. The highest BCUT2D eigenvalue weighted by Crippen LogP contribution is 2.28. The second kappa shape index (κ2) is 5.36. The Morgan fingerprint density at radius 2 is 2.26 bits per heavy atom. The minimum absolute atomic E-state index is 0.135. The number of nitrogens with zero attached hydrogens (tertiary/aromatic N) is 2. The van der Waals surface area contributed by atoms with Crippen LogP contribution in [0.15, 0.2) is 18.2 Å². The molecule has 1 aromatic rings. The summed E-state index contributed by atoms with van der Waals surface area (Å²) in [6.07, 6.45) is 0. The summed E-state index contributed by atoms with van der Waals surface area (Å²) in [4.78, 5) is 24.0. The number of rotatable bonds is 3. The van der Waals surface area contributed by atoms with E-state index in [9.17, 15) is 14.9 Å². The minimum atomic E-state index is -0.509. The molecule has 102 valence electrons. The third kappa shape index (κ3) is 2.73. The van der Waals surface area contributed by atoms with E-state index in [2.05, 4.69) is 4.90 Å². The second-order valence-electron chi connectivity index (χ2n) is 4.63. The smallest absolute Gasteiger partial charge is 0.282 e. The predicted molar refractivity (Wildman–Crippen MR) is 70.7 cm³/mol. The molecule has 1 aliphatic heterocycles. The molecule has 0 aromatic heterocycles. The summed E-state index contributed by atoms with van der Waals surface area (Å²) in [5.41, 5.74) is 0.769. The van der Waals surface area contributed by atoms with E-state index in [1.54, 1.807) is 6.07 Å². The lowest BCUT2D eigenvalue weighted by atomic mass is 10.1. The average Bonchev–Trinajstić information content (AvgIpc) is 2.38. The van der Waals surface area contributed by atoms with Crippen molar-refractivity contribution in [1.29, 1.82) is 0 Å². The lowest BCUT2D eigenvalue weighted by Gasteiger charge is -2.35. The zero-order chi connectivity index (χ0) is 14.0. The number of anilines is 1. The van der Waals surface area contributed by atoms with E-state index in [0.29, 0.717) is 19.8 Å². The highest BCUT2D eigenvalue weighted by Gasteiger charge is 2.23. The van der Waals surface area contributed by atoms with Crippen molar-refractivity contribution in [3.8, 4) is 0 Å². The van der Waals surface area contributed by atoms with Crippen LogP contribution in [0.25, 0.3) is 0 Å². The molecule has 1 heterocycles. The topological polar surface area (TPSA) is 72.7 Å². The van der Waals surface area contributed by atoms with Crippen LogP contribution in [0, 0.1) is 10.1 Å². The molecular formula is C13H16N2O4. The Bertz CT molecular complexity index is 515. The van der Waals surface area contributed by atoms with Gasteiger partial charge in [0.05, 0.1) is 23.7 Å². The Morgan fingerprint density at radius 3 is 2.84 bits per heavy atom. The number of Topliss-reactive ketones (excluding diaryl/α,β-unsaturated/α-hetero) is 1. The lowest BCUT2D eigenvalue weighted by molar-refractivity contribution is -0.385. The summed E-state index contributed by atoms with van der Waals surface area (Å²) in [5.74, 6) is -0.298. The van der Waals surface area contributed by atoms with E-state index < -0.39 is 4.92 Å². The fourth-order valence-electron chi connectivity index (χ4n) is 2.26. The molecular weight excluding hydrogens is 248 g/mol. The monoisotopic (exact) mass is 264 g/mol. The first-order valence-electron chi connectivity index (χ1n) is 6.14. The molecule has 0 spiro atoms. The van der Waals surface area contributed by atoms with Gasteiger partial charge in [0.25, 0.3) is 5.69 Å². The summed E-state index contributed by atoms with van der Waals surface area (Å²) in [5, 5.41) is 11.1. The molecule has 2 rings (SSSR count). The Kier molecular flexibility index (Phi) is 3.80. The molecule has 0 amide bonds. The molecule has 1 atom stereocenters. The molecule has 0 saturated carbocycles. The molecule has 1 unspecified atom stereocenters. The van der Waals surface area contributed by atoms with E-state index in [4.69, 9.17) is 4.74 Å². The van der Waals surface area contributed by atoms with Gasteiger partial charge in [-0.1, -0.05) is 0 Å². The van der Waals surface area contributed by atoms with Crippen molar-refractivity contribution in [1.82, 2.24) is 0 Å². The van der Waals surface area contributed by atoms with Gasteiger partial charge in [0.1, 0.15) is 0 Å². The highest BCUT2D eigenvalue weighted by atomic mass is 16.6. The number of hydrogen-bond donors (Lipinski definition) is 0. The van der Waals surface area contributed by atoms with Gasteiger partial charge in [0, 0.05) is 24.3 Å². The molecule has 19 heavy (non-hydrogen) atoms. The minimum Gasteiger partial charge on any atom is -0.377 e. The number of morpholine rings is 1. The van der Waals surface area contributed by atoms with Gasteiger partial charge in [-0.15, -0.1) is 0 Å². The third-order valence-electron chi connectivity index (χ3n) is 3.26. The first-order chi connectivity index (χ1) is 9.00. The standard InChI is InChI=1S/C13H16N2O4/c1-9-8-19-6-5-14(9)11-3-4-12(10(2)16)13(7-11)15(17)18/h3-4,7,9H,5-6,8H2,1-2H3. The van der Waals surface area contributed by atoms with Crippen LogP contribution in [0.4, 0.5) is 11.4 Å². The zero-order valence-corrected chi connectivity index (χ0v) is 11.0. The van der Waals surface area contributed by atoms with Gasteiger partial charge < -0.3 is 9.64 Å². The molecule has 0 bridgehead atoms. The van der Waals surface area contributed by atoms with Crippen molar-refractivity contribution < 1.29 is 14.5 Å². The maximum Gasteiger partial charge on any atom is 0.282 e. The van der Waals surface area contributed by atoms with Gasteiger partial charge in [-0.2, -0.15) is 0 Å². The van der Waals surface area contributed by atoms with Crippen molar-refractivity contribution >= 4 is 17.2 Å².